The van der Waals surface area contributed by atoms with Gasteiger partial charge in [-0.15, -0.1) is 0 Å². The van der Waals surface area contributed by atoms with Gasteiger partial charge in [-0.2, -0.15) is 0 Å². The molecule has 5 nitrogen and oxygen atoms in total. The normalized spacial score (nSPS) is 19.0. The van der Waals surface area contributed by atoms with Gasteiger partial charge in [-0.05, 0) is 62.4 Å². The molecule has 0 radical (unpaired) electrons. The molecule has 0 saturated carbocycles. The standard InChI is InChI=1S/C20H25N3O2/c1-15(6-7-16-8-10-18(24)11-9-16)22-19-5-3-13-23(20(19)25)17-4-2-12-21-14-17/h2,4,8-12,14-15,19,22,24H,3,5-7,13H2,1H3/t15-,19-/m1/s1. The lowest BCUT2D eigenvalue weighted by molar-refractivity contribution is -0.122. The van der Waals surface area contributed by atoms with E-state index in [0.29, 0.717) is 5.75 Å². The molecule has 1 saturated heterocycles. The van der Waals surface area contributed by atoms with Gasteiger partial charge in [-0.3, -0.25) is 9.78 Å². The molecular weight excluding hydrogens is 314 g/mol. The van der Waals surface area contributed by atoms with E-state index in [1.165, 1.54) is 5.56 Å². The van der Waals surface area contributed by atoms with Gasteiger partial charge in [0.2, 0.25) is 5.91 Å². The molecule has 0 aliphatic carbocycles. The largest absolute Gasteiger partial charge is 0.508 e. The van der Waals surface area contributed by atoms with Gasteiger partial charge in [0, 0.05) is 18.8 Å². The van der Waals surface area contributed by atoms with Crippen molar-refractivity contribution in [3.05, 3.63) is 54.4 Å². The van der Waals surface area contributed by atoms with Gasteiger partial charge in [-0.25, -0.2) is 0 Å². The van der Waals surface area contributed by atoms with Crippen molar-refractivity contribution in [1.82, 2.24) is 10.3 Å². The van der Waals surface area contributed by atoms with Gasteiger partial charge in [0.05, 0.1) is 17.9 Å². The highest BCUT2D eigenvalue weighted by atomic mass is 16.3. The van der Waals surface area contributed by atoms with Crippen molar-refractivity contribution in [1.29, 1.82) is 0 Å². The maximum absolute atomic E-state index is 12.8. The number of hydrogen-bond acceptors (Lipinski definition) is 4. The molecule has 0 bridgehead atoms. The van der Waals surface area contributed by atoms with Crippen LogP contribution in [0.4, 0.5) is 5.69 Å². The molecule has 1 aliphatic heterocycles. The molecule has 0 spiro atoms. The fourth-order valence-electron chi connectivity index (χ4n) is 3.27. The van der Waals surface area contributed by atoms with Crippen molar-refractivity contribution in [2.45, 2.75) is 44.7 Å². The lowest BCUT2D eigenvalue weighted by Gasteiger charge is -2.34. The van der Waals surface area contributed by atoms with Gasteiger partial charge < -0.3 is 15.3 Å². The molecule has 1 aliphatic rings. The predicted octanol–water partition coefficient (Wildman–Crippen LogP) is 2.89. The number of carbonyl (C=O) groups excluding carboxylic acids is 1. The maximum Gasteiger partial charge on any atom is 0.244 e. The van der Waals surface area contributed by atoms with E-state index in [9.17, 15) is 9.90 Å². The Morgan fingerprint density at radius 3 is 2.84 bits per heavy atom. The van der Waals surface area contributed by atoms with Gasteiger partial charge in [0.1, 0.15) is 5.75 Å². The summed E-state index contributed by atoms with van der Waals surface area (Å²) in [7, 11) is 0. The molecule has 2 aromatic rings. The van der Waals surface area contributed by atoms with Gasteiger partial charge in [-0.1, -0.05) is 12.1 Å². The summed E-state index contributed by atoms with van der Waals surface area (Å²) in [5.74, 6) is 0.425. The van der Waals surface area contributed by atoms with Crippen molar-refractivity contribution in [3.8, 4) is 5.75 Å². The Morgan fingerprint density at radius 1 is 1.32 bits per heavy atom. The zero-order valence-corrected chi connectivity index (χ0v) is 14.6. The highest BCUT2D eigenvalue weighted by molar-refractivity contribution is 5.97. The first kappa shape index (κ1) is 17.4. The Hall–Kier alpha value is -2.40. The average molecular weight is 339 g/mol. The van der Waals surface area contributed by atoms with Gasteiger partial charge in [0.15, 0.2) is 0 Å². The van der Waals surface area contributed by atoms with Crippen LogP contribution in [0.3, 0.4) is 0 Å². The second-order valence-electron chi connectivity index (χ2n) is 6.67. The number of pyridine rings is 1. The summed E-state index contributed by atoms with van der Waals surface area (Å²) in [6, 6.07) is 11.2. The van der Waals surface area contributed by atoms with Crippen LogP contribution >= 0.6 is 0 Å². The van der Waals surface area contributed by atoms with Crippen molar-refractivity contribution in [2.24, 2.45) is 0 Å². The first-order valence-electron chi connectivity index (χ1n) is 8.89. The van der Waals surface area contributed by atoms with Crippen LogP contribution < -0.4 is 10.2 Å². The molecule has 2 N–H and O–H groups in total. The molecule has 1 aromatic heterocycles. The van der Waals surface area contributed by atoms with Crippen LogP contribution in [-0.2, 0) is 11.2 Å². The number of phenols is 1. The Morgan fingerprint density at radius 2 is 2.12 bits per heavy atom. The van der Waals surface area contributed by atoms with Crippen LogP contribution in [0.2, 0.25) is 0 Å². The number of nitrogens with zero attached hydrogens (tertiary/aromatic N) is 2. The van der Waals surface area contributed by atoms with E-state index in [0.717, 1.165) is 37.9 Å². The predicted molar refractivity (Wildman–Crippen MR) is 98.6 cm³/mol. The smallest absolute Gasteiger partial charge is 0.244 e. The number of aromatic nitrogens is 1. The fraction of sp³-hybridized carbons (Fsp3) is 0.400. The lowest BCUT2D eigenvalue weighted by atomic mass is 10.0. The Kier molecular flexibility index (Phi) is 5.66. The molecule has 0 unspecified atom stereocenters. The number of benzene rings is 1. The van der Waals surface area contributed by atoms with Crippen LogP contribution in [0.25, 0.3) is 0 Å². The van der Waals surface area contributed by atoms with Crippen LogP contribution in [0.15, 0.2) is 48.8 Å². The summed E-state index contributed by atoms with van der Waals surface area (Å²) < 4.78 is 0. The summed E-state index contributed by atoms with van der Waals surface area (Å²) in [6.07, 6.45) is 7.19. The van der Waals surface area contributed by atoms with E-state index in [-0.39, 0.29) is 18.0 Å². The van der Waals surface area contributed by atoms with Crippen LogP contribution in [-0.4, -0.2) is 34.6 Å². The molecule has 1 amide bonds. The lowest BCUT2D eigenvalue weighted by Crippen LogP contribution is -2.53. The summed E-state index contributed by atoms with van der Waals surface area (Å²) >= 11 is 0. The second-order valence-corrected chi connectivity index (χ2v) is 6.67. The fourth-order valence-corrected chi connectivity index (χ4v) is 3.27. The topological polar surface area (TPSA) is 65.5 Å². The minimum atomic E-state index is -0.135. The highest BCUT2D eigenvalue weighted by Gasteiger charge is 2.30. The number of piperidine rings is 1. The van der Waals surface area contributed by atoms with Crippen molar-refractivity contribution >= 4 is 11.6 Å². The van der Waals surface area contributed by atoms with Crippen molar-refractivity contribution in [2.75, 3.05) is 11.4 Å². The number of phenolic OH excluding ortho intramolecular Hbond substituents is 1. The molecule has 5 heteroatoms. The Labute approximate surface area is 148 Å². The number of nitrogens with one attached hydrogen (secondary N) is 1. The Balaban J connectivity index is 1.54. The molecule has 1 aromatic carbocycles. The first-order chi connectivity index (χ1) is 12.1. The number of anilines is 1. The number of hydrogen-bond donors (Lipinski definition) is 2. The number of rotatable bonds is 6. The van der Waals surface area contributed by atoms with Crippen molar-refractivity contribution in [3.63, 3.8) is 0 Å². The third kappa shape index (κ3) is 4.57. The SMILES string of the molecule is C[C@H](CCc1ccc(O)cc1)N[C@@H]1CCCN(c2cccnc2)C1=O. The average Bonchev–Trinajstić information content (AvgIpc) is 2.64. The maximum atomic E-state index is 12.8. The molecule has 2 atom stereocenters. The number of carbonyl (C=O) groups is 1. The van der Waals surface area contributed by atoms with E-state index in [1.54, 1.807) is 24.5 Å². The summed E-state index contributed by atoms with van der Waals surface area (Å²) in [5, 5.41) is 12.8. The monoisotopic (exact) mass is 339 g/mol. The summed E-state index contributed by atoms with van der Waals surface area (Å²) in [5.41, 5.74) is 2.06. The summed E-state index contributed by atoms with van der Waals surface area (Å²) in [6.45, 7) is 2.88. The number of aromatic hydroxyl groups is 1. The van der Waals surface area contributed by atoms with E-state index in [4.69, 9.17) is 0 Å². The molecule has 132 valence electrons. The van der Waals surface area contributed by atoms with E-state index in [1.807, 2.05) is 29.2 Å². The summed E-state index contributed by atoms with van der Waals surface area (Å²) in [4.78, 5) is 18.7. The number of aryl methyl sites for hydroxylation is 1. The molecular formula is C20H25N3O2. The van der Waals surface area contributed by atoms with Crippen LogP contribution in [0.1, 0.15) is 31.7 Å². The third-order valence-electron chi connectivity index (χ3n) is 4.68. The second kappa shape index (κ2) is 8.12. The molecule has 25 heavy (non-hydrogen) atoms. The number of amides is 1. The van der Waals surface area contributed by atoms with E-state index < -0.39 is 0 Å². The Bertz CT molecular complexity index is 688. The molecule has 3 rings (SSSR count). The van der Waals surface area contributed by atoms with Gasteiger partial charge >= 0.3 is 0 Å². The van der Waals surface area contributed by atoms with Crippen LogP contribution in [0.5, 0.6) is 5.75 Å². The third-order valence-corrected chi connectivity index (χ3v) is 4.68. The minimum Gasteiger partial charge on any atom is -0.508 e. The van der Waals surface area contributed by atoms with Crippen LogP contribution in [0, 0.1) is 0 Å². The first-order valence-corrected chi connectivity index (χ1v) is 8.89. The highest BCUT2D eigenvalue weighted by Crippen LogP contribution is 2.20. The quantitative estimate of drug-likeness (QED) is 0.849. The zero-order valence-electron chi connectivity index (χ0n) is 14.6. The molecule has 1 fully saturated rings. The molecule has 2 heterocycles. The van der Waals surface area contributed by atoms with E-state index in [2.05, 4.69) is 17.2 Å². The van der Waals surface area contributed by atoms with Crippen molar-refractivity contribution < 1.29 is 9.90 Å². The van der Waals surface area contributed by atoms with Gasteiger partial charge in [0.25, 0.3) is 0 Å². The van der Waals surface area contributed by atoms with E-state index >= 15 is 0 Å². The minimum absolute atomic E-state index is 0.135. The zero-order chi connectivity index (χ0) is 17.6.